The summed E-state index contributed by atoms with van der Waals surface area (Å²) >= 11 is 7.31. The number of benzene rings is 3. The molecule has 3 aliphatic carbocycles. The van der Waals surface area contributed by atoms with E-state index in [2.05, 4.69) is 122 Å². The molecule has 0 unspecified atom stereocenters. The summed E-state index contributed by atoms with van der Waals surface area (Å²) in [5, 5.41) is 0. The Kier molecular flexibility index (Phi) is 3.57. The standard InChI is InChI=1S/C20H11I3/c21-10-3-6-15-16(7-10)19-13-4-1-11(22)8-17(13)20(15)18-9-12(23)2-5-14(18)19/h1-9,19-20H. The van der Waals surface area contributed by atoms with Gasteiger partial charge in [-0.15, -0.1) is 0 Å². The largest absolute Gasteiger partial charge is 0.0567 e. The van der Waals surface area contributed by atoms with E-state index in [1.807, 2.05) is 0 Å². The Morgan fingerprint density at radius 2 is 0.739 bits per heavy atom. The van der Waals surface area contributed by atoms with Crippen molar-refractivity contribution in [2.45, 2.75) is 11.8 Å². The predicted octanol–water partition coefficient (Wildman–Crippen LogP) is 6.49. The van der Waals surface area contributed by atoms with E-state index >= 15 is 0 Å². The molecule has 0 aliphatic heterocycles. The molecule has 0 N–H and O–H groups in total. The molecule has 0 radical (unpaired) electrons. The third-order valence-electron chi connectivity index (χ3n) is 5.01. The highest BCUT2D eigenvalue weighted by Gasteiger charge is 2.41. The molecule has 3 aromatic carbocycles. The Labute approximate surface area is 176 Å². The lowest BCUT2D eigenvalue weighted by molar-refractivity contribution is 0.752. The van der Waals surface area contributed by atoms with E-state index in [0.29, 0.717) is 11.8 Å². The average Bonchev–Trinajstić information content (AvgIpc) is 2.53. The Balaban J connectivity index is 1.90. The van der Waals surface area contributed by atoms with Crippen molar-refractivity contribution in [2.75, 3.05) is 0 Å². The van der Waals surface area contributed by atoms with Crippen molar-refractivity contribution in [1.29, 1.82) is 0 Å². The van der Waals surface area contributed by atoms with Crippen LogP contribution >= 0.6 is 67.8 Å². The maximum atomic E-state index is 2.44. The molecule has 2 bridgehead atoms. The van der Waals surface area contributed by atoms with Crippen LogP contribution < -0.4 is 0 Å². The summed E-state index contributed by atoms with van der Waals surface area (Å²) in [6.45, 7) is 0. The molecule has 0 saturated carbocycles. The van der Waals surface area contributed by atoms with Gasteiger partial charge in [0, 0.05) is 22.5 Å². The monoisotopic (exact) mass is 632 g/mol. The lowest BCUT2D eigenvalue weighted by atomic mass is 9.61. The highest BCUT2D eigenvalue weighted by atomic mass is 127. The Morgan fingerprint density at radius 1 is 0.435 bits per heavy atom. The minimum Gasteiger partial charge on any atom is -0.0567 e. The molecule has 23 heavy (non-hydrogen) atoms. The van der Waals surface area contributed by atoms with Gasteiger partial charge in [0.1, 0.15) is 0 Å². The van der Waals surface area contributed by atoms with E-state index in [9.17, 15) is 0 Å². The highest BCUT2D eigenvalue weighted by Crippen LogP contribution is 2.56. The number of rotatable bonds is 0. The van der Waals surface area contributed by atoms with E-state index in [4.69, 9.17) is 0 Å². The fourth-order valence-corrected chi connectivity index (χ4v) is 5.73. The molecule has 3 aromatic rings. The van der Waals surface area contributed by atoms with Crippen LogP contribution in [0.3, 0.4) is 0 Å². The Morgan fingerprint density at radius 3 is 1.09 bits per heavy atom. The second-order valence-electron chi connectivity index (χ2n) is 6.19. The molecule has 0 fully saturated rings. The van der Waals surface area contributed by atoms with Crippen LogP contribution in [-0.4, -0.2) is 0 Å². The van der Waals surface area contributed by atoms with Crippen LogP contribution in [0.5, 0.6) is 0 Å². The van der Waals surface area contributed by atoms with Gasteiger partial charge in [0.25, 0.3) is 0 Å². The minimum absolute atomic E-state index is 0.390. The van der Waals surface area contributed by atoms with Crippen molar-refractivity contribution in [1.82, 2.24) is 0 Å². The van der Waals surface area contributed by atoms with Gasteiger partial charge in [0.05, 0.1) is 0 Å². The maximum absolute atomic E-state index is 2.44. The smallest absolute Gasteiger partial charge is 0.0349 e. The van der Waals surface area contributed by atoms with Crippen molar-refractivity contribution >= 4 is 67.8 Å². The first-order chi connectivity index (χ1) is 11.1. The molecular formula is C20H11I3. The Bertz CT molecular complexity index is 921. The number of hydrogen-bond acceptors (Lipinski definition) is 0. The summed E-state index contributed by atoms with van der Waals surface area (Å²) in [5.41, 5.74) is 9.01. The second kappa shape index (κ2) is 5.42. The average molecular weight is 632 g/mol. The molecule has 112 valence electrons. The van der Waals surface area contributed by atoms with Gasteiger partial charge in [-0.2, -0.15) is 0 Å². The van der Waals surface area contributed by atoms with E-state index in [1.165, 1.54) is 44.1 Å². The van der Waals surface area contributed by atoms with Gasteiger partial charge in [-0.25, -0.2) is 0 Å². The summed E-state index contributed by atoms with van der Waals surface area (Å²) in [4.78, 5) is 0. The van der Waals surface area contributed by atoms with Crippen LogP contribution in [0, 0.1) is 10.7 Å². The molecule has 3 heteroatoms. The van der Waals surface area contributed by atoms with Gasteiger partial charge in [0.2, 0.25) is 0 Å². The molecule has 0 atom stereocenters. The summed E-state index contributed by atoms with van der Waals surface area (Å²) in [6, 6.07) is 20.9. The molecular weight excluding hydrogens is 621 g/mol. The zero-order valence-electron chi connectivity index (χ0n) is 12.0. The lowest BCUT2D eigenvalue weighted by Crippen LogP contribution is -2.27. The van der Waals surface area contributed by atoms with Crippen molar-refractivity contribution in [3.63, 3.8) is 0 Å². The molecule has 0 heterocycles. The van der Waals surface area contributed by atoms with Crippen molar-refractivity contribution in [3.8, 4) is 0 Å². The highest BCUT2D eigenvalue weighted by molar-refractivity contribution is 14.1. The van der Waals surface area contributed by atoms with Gasteiger partial charge in [-0.1, -0.05) is 18.2 Å². The van der Waals surface area contributed by atoms with Crippen LogP contribution in [0.2, 0.25) is 0 Å². The molecule has 0 nitrogen and oxygen atoms in total. The Hall–Kier alpha value is -0.150. The summed E-state index contributed by atoms with van der Waals surface area (Å²) in [7, 11) is 0. The van der Waals surface area contributed by atoms with Crippen molar-refractivity contribution < 1.29 is 0 Å². The molecule has 0 aromatic heterocycles. The summed E-state index contributed by atoms with van der Waals surface area (Å²) < 4.78 is 3.98. The SMILES string of the molecule is Ic1ccc2c(c1)C1c3ccc(I)cc3C2c2cc(I)ccc21. The maximum Gasteiger partial charge on any atom is 0.0349 e. The first-order valence-electron chi connectivity index (χ1n) is 7.51. The first-order valence-corrected chi connectivity index (χ1v) is 10.7. The molecule has 0 saturated heterocycles. The lowest BCUT2D eigenvalue weighted by Gasteiger charge is -2.42. The van der Waals surface area contributed by atoms with Gasteiger partial charge >= 0.3 is 0 Å². The van der Waals surface area contributed by atoms with Gasteiger partial charge < -0.3 is 0 Å². The first kappa shape index (κ1) is 15.1. The normalized spacial score (nSPS) is 20.0. The fourth-order valence-electron chi connectivity index (χ4n) is 4.18. The van der Waals surface area contributed by atoms with Crippen molar-refractivity contribution in [2.24, 2.45) is 0 Å². The summed E-state index contributed by atoms with van der Waals surface area (Å²) in [5.74, 6) is 0.783. The quantitative estimate of drug-likeness (QED) is 0.172. The van der Waals surface area contributed by atoms with E-state index in [-0.39, 0.29) is 0 Å². The van der Waals surface area contributed by atoms with Crippen LogP contribution in [-0.2, 0) is 0 Å². The molecule has 0 amide bonds. The minimum atomic E-state index is 0.390. The predicted molar refractivity (Wildman–Crippen MR) is 119 cm³/mol. The van der Waals surface area contributed by atoms with Gasteiger partial charge in [0.15, 0.2) is 0 Å². The third-order valence-corrected chi connectivity index (χ3v) is 7.03. The third kappa shape index (κ3) is 2.18. The molecule has 3 aliphatic rings. The zero-order chi connectivity index (χ0) is 15.7. The van der Waals surface area contributed by atoms with Gasteiger partial charge in [-0.05, 0) is 138 Å². The molecule has 6 rings (SSSR count). The van der Waals surface area contributed by atoms with Gasteiger partial charge in [-0.3, -0.25) is 0 Å². The summed E-state index contributed by atoms with van der Waals surface area (Å²) in [6.07, 6.45) is 0. The topological polar surface area (TPSA) is 0 Å². The fraction of sp³-hybridized carbons (Fsp3) is 0.100. The van der Waals surface area contributed by atoms with E-state index in [0.717, 1.165) is 0 Å². The molecule has 0 spiro atoms. The number of hydrogen-bond donors (Lipinski definition) is 0. The van der Waals surface area contributed by atoms with Crippen LogP contribution in [0.15, 0.2) is 54.6 Å². The second-order valence-corrected chi connectivity index (χ2v) is 9.92. The van der Waals surface area contributed by atoms with Crippen LogP contribution in [0.4, 0.5) is 0 Å². The zero-order valence-corrected chi connectivity index (χ0v) is 18.5. The van der Waals surface area contributed by atoms with E-state index < -0.39 is 0 Å². The van der Waals surface area contributed by atoms with E-state index in [1.54, 1.807) is 0 Å². The number of halogens is 3. The van der Waals surface area contributed by atoms with Crippen LogP contribution in [0.25, 0.3) is 0 Å². The van der Waals surface area contributed by atoms with Crippen LogP contribution in [0.1, 0.15) is 45.2 Å². The van der Waals surface area contributed by atoms with Crippen molar-refractivity contribution in [3.05, 3.63) is 98.7 Å².